The van der Waals surface area contributed by atoms with Gasteiger partial charge in [0.2, 0.25) is 21.8 Å². The van der Waals surface area contributed by atoms with Crippen molar-refractivity contribution in [2.75, 3.05) is 13.1 Å². The van der Waals surface area contributed by atoms with Crippen LogP contribution in [-0.2, 0) is 19.6 Å². The van der Waals surface area contributed by atoms with E-state index in [1.807, 2.05) is 20.8 Å². The van der Waals surface area contributed by atoms with Crippen molar-refractivity contribution in [1.29, 1.82) is 0 Å². The zero-order valence-corrected chi connectivity index (χ0v) is 18.6. The Morgan fingerprint density at radius 3 is 2.45 bits per heavy atom. The first-order valence-electron chi connectivity index (χ1n) is 10.3. The molecule has 8 heteroatoms. The Morgan fingerprint density at radius 2 is 1.86 bits per heavy atom. The Morgan fingerprint density at radius 1 is 1.21 bits per heavy atom. The van der Waals surface area contributed by atoms with Crippen molar-refractivity contribution in [1.82, 2.24) is 14.9 Å². The largest absolute Gasteiger partial charge is 0.352 e. The summed E-state index contributed by atoms with van der Waals surface area (Å²) < 4.78 is 28.3. The van der Waals surface area contributed by atoms with Crippen LogP contribution in [0, 0.1) is 12.8 Å². The third kappa shape index (κ3) is 6.82. The highest BCUT2D eigenvalue weighted by Crippen LogP contribution is 2.17. The van der Waals surface area contributed by atoms with Gasteiger partial charge in [0.15, 0.2) is 0 Å². The standard InChI is InChI=1S/C21H33N3O4S/c1-5-20(25)22-17-7-6-12-24(14-17)21(26)19(13-15(2)3)23-29(27,28)18-10-8-16(4)9-11-18/h8-11,15,17,19,23H,5-7,12-14H2,1-4H3,(H,22,25). The number of benzene rings is 1. The summed E-state index contributed by atoms with van der Waals surface area (Å²) in [6.07, 6.45) is 2.40. The van der Waals surface area contributed by atoms with Crippen LogP contribution in [0.25, 0.3) is 0 Å². The molecule has 2 amide bonds. The van der Waals surface area contributed by atoms with Gasteiger partial charge in [-0.05, 0) is 44.2 Å². The highest BCUT2D eigenvalue weighted by Gasteiger charge is 2.32. The molecule has 0 spiro atoms. The predicted molar refractivity (Wildman–Crippen MR) is 113 cm³/mol. The molecule has 0 bridgehead atoms. The van der Waals surface area contributed by atoms with Crippen LogP contribution in [0.3, 0.4) is 0 Å². The maximum atomic E-state index is 13.2. The van der Waals surface area contributed by atoms with Gasteiger partial charge in [-0.3, -0.25) is 9.59 Å². The number of rotatable bonds is 8. The average molecular weight is 424 g/mol. The lowest BCUT2D eigenvalue weighted by molar-refractivity contribution is -0.135. The van der Waals surface area contributed by atoms with Crippen molar-refractivity contribution in [2.45, 2.75) is 70.4 Å². The van der Waals surface area contributed by atoms with Gasteiger partial charge in [-0.1, -0.05) is 38.5 Å². The van der Waals surface area contributed by atoms with E-state index >= 15 is 0 Å². The third-order valence-electron chi connectivity index (χ3n) is 5.05. The van der Waals surface area contributed by atoms with Gasteiger partial charge in [-0.15, -0.1) is 0 Å². The number of nitrogens with one attached hydrogen (secondary N) is 2. The fraction of sp³-hybridized carbons (Fsp3) is 0.619. The predicted octanol–water partition coefficient (Wildman–Crippen LogP) is 2.21. The molecule has 0 aromatic heterocycles. The van der Waals surface area contributed by atoms with Crippen LogP contribution in [0.1, 0.15) is 52.0 Å². The van der Waals surface area contributed by atoms with Gasteiger partial charge in [0, 0.05) is 25.6 Å². The minimum absolute atomic E-state index is 0.0388. The molecule has 1 saturated heterocycles. The van der Waals surface area contributed by atoms with Gasteiger partial charge < -0.3 is 10.2 Å². The fourth-order valence-corrected chi connectivity index (χ4v) is 4.69. The van der Waals surface area contributed by atoms with Crippen LogP contribution >= 0.6 is 0 Å². The number of nitrogens with zero attached hydrogens (tertiary/aromatic N) is 1. The van der Waals surface area contributed by atoms with Crippen molar-refractivity contribution < 1.29 is 18.0 Å². The monoisotopic (exact) mass is 423 g/mol. The minimum atomic E-state index is -3.81. The third-order valence-corrected chi connectivity index (χ3v) is 6.54. The summed E-state index contributed by atoms with van der Waals surface area (Å²) in [5.74, 6) is -0.127. The van der Waals surface area contributed by atoms with Crippen LogP contribution < -0.4 is 10.0 Å². The number of amides is 2. The minimum Gasteiger partial charge on any atom is -0.352 e. The molecule has 162 valence electrons. The molecule has 0 aliphatic carbocycles. The lowest BCUT2D eigenvalue weighted by Gasteiger charge is -2.35. The quantitative estimate of drug-likeness (QED) is 0.670. The molecule has 1 fully saturated rings. The summed E-state index contributed by atoms with van der Waals surface area (Å²) in [5.41, 5.74) is 0.965. The van der Waals surface area contributed by atoms with E-state index in [9.17, 15) is 18.0 Å². The van der Waals surface area contributed by atoms with E-state index in [1.165, 1.54) is 0 Å². The number of carbonyl (C=O) groups is 2. The normalized spacial score (nSPS) is 18.5. The van der Waals surface area contributed by atoms with Gasteiger partial charge in [-0.2, -0.15) is 4.72 Å². The molecular formula is C21H33N3O4S. The Balaban J connectivity index is 2.15. The van der Waals surface area contributed by atoms with Crippen molar-refractivity contribution in [3.8, 4) is 0 Å². The van der Waals surface area contributed by atoms with Crippen molar-refractivity contribution in [3.05, 3.63) is 29.8 Å². The van der Waals surface area contributed by atoms with Crippen LogP contribution in [0.5, 0.6) is 0 Å². The van der Waals surface area contributed by atoms with E-state index < -0.39 is 16.1 Å². The van der Waals surface area contributed by atoms with Crippen LogP contribution in [0.4, 0.5) is 0 Å². The highest BCUT2D eigenvalue weighted by atomic mass is 32.2. The fourth-order valence-electron chi connectivity index (χ4n) is 3.49. The summed E-state index contributed by atoms with van der Waals surface area (Å²) in [5, 5.41) is 2.94. The second-order valence-electron chi connectivity index (χ2n) is 8.16. The number of likely N-dealkylation sites (tertiary alicyclic amines) is 1. The molecule has 0 saturated carbocycles. The Hall–Kier alpha value is -1.93. The molecule has 1 aromatic rings. The summed E-state index contributed by atoms with van der Waals surface area (Å²) in [6, 6.07) is 5.65. The second kappa shape index (κ2) is 10.2. The summed E-state index contributed by atoms with van der Waals surface area (Å²) in [6.45, 7) is 8.57. The van der Waals surface area contributed by atoms with Gasteiger partial charge in [0.05, 0.1) is 4.90 Å². The molecule has 2 atom stereocenters. The van der Waals surface area contributed by atoms with Crippen LogP contribution in [-0.4, -0.2) is 50.3 Å². The van der Waals surface area contributed by atoms with E-state index in [2.05, 4.69) is 10.0 Å². The van der Waals surface area contributed by atoms with Crippen molar-refractivity contribution in [3.63, 3.8) is 0 Å². The average Bonchev–Trinajstić information content (AvgIpc) is 2.66. The van der Waals surface area contributed by atoms with Crippen LogP contribution in [0.15, 0.2) is 29.2 Å². The van der Waals surface area contributed by atoms with Crippen LogP contribution in [0.2, 0.25) is 0 Å². The lowest BCUT2D eigenvalue weighted by atomic mass is 10.0. The summed E-state index contributed by atoms with van der Waals surface area (Å²) >= 11 is 0. The molecule has 1 aliphatic heterocycles. The zero-order chi connectivity index (χ0) is 21.6. The lowest BCUT2D eigenvalue weighted by Crippen LogP contribution is -2.55. The topological polar surface area (TPSA) is 95.6 Å². The Kier molecular flexibility index (Phi) is 8.22. The molecule has 1 aliphatic rings. The first-order valence-corrected chi connectivity index (χ1v) is 11.8. The summed E-state index contributed by atoms with van der Waals surface area (Å²) in [7, 11) is -3.81. The van der Waals surface area contributed by atoms with Gasteiger partial charge in [0.1, 0.15) is 6.04 Å². The smallest absolute Gasteiger partial charge is 0.241 e. The van der Waals surface area contributed by atoms with E-state index in [0.717, 1.165) is 18.4 Å². The molecule has 1 heterocycles. The van der Waals surface area contributed by atoms with Crippen molar-refractivity contribution in [2.24, 2.45) is 5.92 Å². The molecule has 2 rings (SSSR count). The van der Waals surface area contributed by atoms with Gasteiger partial charge >= 0.3 is 0 Å². The molecule has 1 aromatic carbocycles. The first kappa shape index (κ1) is 23.3. The van der Waals surface area contributed by atoms with E-state index in [4.69, 9.17) is 0 Å². The number of hydrogen-bond acceptors (Lipinski definition) is 4. The van der Waals surface area contributed by atoms with E-state index in [1.54, 1.807) is 36.1 Å². The summed E-state index contributed by atoms with van der Waals surface area (Å²) in [4.78, 5) is 26.7. The number of hydrogen-bond donors (Lipinski definition) is 2. The van der Waals surface area contributed by atoms with Gasteiger partial charge in [0.25, 0.3) is 0 Å². The molecule has 7 nitrogen and oxygen atoms in total. The molecule has 0 radical (unpaired) electrons. The number of sulfonamides is 1. The molecule has 2 N–H and O–H groups in total. The Bertz CT molecular complexity index is 806. The maximum absolute atomic E-state index is 13.2. The second-order valence-corrected chi connectivity index (χ2v) is 9.87. The van der Waals surface area contributed by atoms with E-state index in [0.29, 0.717) is 25.9 Å². The van der Waals surface area contributed by atoms with E-state index in [-0.39, 0.29) is 28.7 Å². The number of piperidine rings is 1. The molecule has 2 unspecified atom stereocenters. The van der Waals surface area contributed by atoms with Crippen molar-refractivity contribution >= 4 is 21.8 Å². The Labute approximate surface area is 174 Å². The zero-order valence-electron chi connectivity index (χ0n) is 17.8. The molecular weight excluding hydrogens is 390 g/mol. The SMILES string of the molecule is CCC(=O)NC1CCCN(C(=O)C(CC(C)C)NS(=O)(=O)c2ccc(C)cc2)C1. The molecule has 29 heavy (non-hydrogen) atoms. The first-order chi connectivity index (χ1) is 13.6. The highest BCUT2D eigenvalue weighted by molar-refractivity contribution is 7.89. The number of aryl methyl sites for hydroxylation is 1. The van der Waals surface area contributed by atoms with Gasteiger partial charge in [-0.25, -0.2) is 8.42 Å². The number of carbonyl (C=O) groups excluding carboxylic acids is 2. The maximum Gasteiger partial charge on any atom is 0.241 e.